The van der Waals surface area contributed by atoms with Gasteiger partial charge in [-0.3, -0.25) is 0 Å². The van der Waals surface area contributed by atoms with E-state index in [9.17, 15) is 8.42 Å². The molecule has 0 aliphatic rings. The Morgan fingerprint density at radius 3 is 2.16 bits per heavy atom. The molecule has 136 valence electrons. The highest BCUT2D eigenvalue weighted by Gasteiger charge is 2.38. The second-order valence-corrected chi connectivity index (χ2v) is 9.14. The Morgan fingerprint density at radius 1 is 0.960 bits per heavy atom. The van der Waals surface area contributed by atoms with Crippen molar-refractivity contribution < 1.29 is 13.2 Å². The van der Waals surface area contributed by atoms with E-state index >= 15 is 0 Å². The fraction of sp³-hybridized carbons (Fsp3) is 0.429. The molecule has 0 saturated carbocycles. The predicted molar refractivity (Wildman–Crippen MR) is 103 cm³/mol. The summed E-state index contributed by atoms with van der Waals surface area (Å²) in [5.74, 6) is 0.667. The summed E-state index contributed by atoms with van der Waals surface area (Å²) in [6.45, 7) is 3.83. The minimum atomic E-state index is -3.38. The van der Waals surface area contributed by atoms with Crippen molar-refractivity contribution in [3.8, 4) is 5.75 Å². The van der Waals surface area contributed by atoms with Crippen molar-refractivity contribution in [2.24, 2.45) is 0 Å². The third-order valence-electron chi connectivity index (χ3n) is 5.03. The largest absolute Gasteiger partial charge is 0.497 e. The number of hydrogen-bond donors (Lipinski definition) is 0. The average molecular weight is 361 g/mol. The zero-order valence-corrected chi connectivity index (χ0v) is 16.2. The van der Waals surface area contributed by atoms with Crippen LogP contribution in [0.1, 0.15) is 45.1 Å². The third-order valence-corrected chi connectivity index (χ3v) is 7.71. The number of sulfone groups is 1. The summed E-state index contributed by atoms with van der Waals surface area (Å²) in [7, 11) is -1.80. The minimum absolute atomic E-state index is 0.376. The number of ether oxygens (including phenoxy) is 1. The molecular formula is C21H28O3S. The molecule has 3 nitrogen and oxygen atoms in total. The lowest BCUT2D eigenvalue weighted by Crippen LogP contribution is -2.34. The number of aryl methyl sites for hydroxylation is 1. The molecule has 2 aromatic carbocycles. The Morgan fingerprint density at radius 2 is 1.60 bits per heavy atom. The van der Waals surface area contributed by atoms with E-state index in [-0.39, 0.29) is 0 Å². The molecule has 0 aliphatic heterocycles. The van der Waals surface area contributed by atoms with Gasteiger partial charge in [-0.15, -0.1) is 0 Å². The summed E-state index contributed by atoms with van der Waals surface area (Å²) in [5.41, 5.74) is 1.30. The third kappa shape index (κ3) is 4.63. The lowest BCUT2D eigenvalue weighted by atomic mass is 9.98. The van der Waals surface area contributed by atoms with Crippen molar-refractivity contribution in [3.63, 3.8) is 0 Å². The summed E-state index contributed by atoms with van der Waals surface area (Å²) < 4.78 is 30.6. The number of methoxy groups -OCH3 is 1. The van der Waals surface area contributed by atoms with Crippen LogP contribution in [0.5, 0.6) is 5.75 Å². The average Bonchev–Trinajstić information content (AvgIpc) is 2.65. The van der Waals surface area contributed by atoms with Crippen LogP contribution in [0, 0.1) is 0 Å². The van der Waals surface area contributed by atoms with Gasteiger partial charge in [-0.25, -0.2) is 8.42 Å². The van der Waals surface area contributed by atoms with E-state index in [0.29, 0.717) is 23.5 Å². The first-order valence-electron chi connectivity index (χ1n) is 8.85. The van der Waals surface area contributed by atoms with Crippen molar-refractivity contribution in [2.45, 2.75) is 55.6 Å². The van der Waals surface area contributed by atoms with Crippen molar-refractivity contribution in [2.75, 3.05) is 7.11 Å². The van der Waals surface area contributed by atoms with Crippen molar-refractivity contribution >= 4 is 9.84 Å². The molecule has 0 saturated heterocycles. The lowest BCUT2D eigenvalue weighted by Gasteiger charge is -2.28. The molecule has 1 atom stereocenters. The van der Waals surface area contributed by atoms with Crippen LogP contribution in [0.4, 0.5) is 0 Å². The Bertz CT molecular complexity index is 751. The highest BCUT2D eigenvalue weighted by molar-refractivity contribution is 7.92. The van der Waals surface area contributed by atoms with Gasteiger partial charge in [0.15, 0.2) is 9.84 Å². The molecule has 0 bridgehead atoms. The maximum atomic E-state index is 13.1. The fourth-order valence-electron chi connectivity index (χ4n) is 3.01. The molecular weight excluding hydrogens is 332 g/mol. The lowest BCUT2D eigenvalue weighted by molar-refractivity contribution is 0.414. The van der Waals surface area contributed by atoms with Gasteiger partial charge in [-0.05, 0) is 62.4 Å². The molecule has 0 amide bonds. The number of hydrogen-bond acceptors (Lipinski definition) is 3. The monoisotopic (exact) mass is 360 g/mol. The van der Waals surface area contributed by atoms with Gasteiger partial charge in [0.2, 0.25) is 0 Å². The molecule has 0 aromatic heterocycles. The van der Waals surface area contributed by atoms with Gasteiger partial charge in [0.25, 0.3) is 0 Å². The van der Waals surface area contributed by atoms with Crippen LogP contribution >= 0.6 is 0 Å². The van der Waals surface area contributed by atoms with E-state index < -0.39 is 14.6 Å². The minimum Gasteiger partial charge on any atom is -0.497 e. The molecule has 0 heterocycles. The Labute approximate surface area is 152 Å². The topological polar surface area (TPSA) is 43.4 Å². The van der Waals surface area contributed by atoms with Gasteiger partial charge in [-0.2, -0.15) is 0 Å². The standard InChI is InChI=1S/C21H28O3S/c1-4-21(2,17-9-8-12-18-10-6-5-7-11-18)25(22,23)20-15-13-19(24-3)14-16-20/h5-7,10-11,13-16H,4,8-9,12,17H2,1-3H3. The number of benzene rings is 2. The smallest absolute Gasteiger partial charge is 0.183 e. The maximum absolute atomic E-state index is 13.1. The molecule has 2 rings (SSSR count). The van der Waals surface area contributed by atoms with Gasteiger partial charge < -0.3 is 4.74 Å². The zero-order chi connectivity index (χ0) is 18.3. The molecule has 0 radical (unpaired) electrons. The van der Waals surface area contributed by atoms with Crippen molar-refractivity contribution in [1.29, 1.82) is 0 Å². The van der Waals surface area contributed by atoms with Crippen LogP contribution in [0.2, 0.25) is 0 Å². The van der Waals surface area contributed by atoms with Crippen LogP contribution in [-0.2, 0) is 16.3 Å². The van der Waals surface area contributed by atoms with E-state index in [4.69, 9.17) is 4.74 Å². The molecule has 0 spiro atoms. The van der Waals surface area contributed by atoms with Crippen molar-refractivity contribution in [1.82, 2.24) is 0 Å². The summed E-state index contributed by atoms with van der Waals surface area (Å²) >= 11 is 0. The second kappa shape index (κ2) is 8.52. The summed E-state index contributed by atoms with van der Waals surface area (Å²) in [6, 6.07) is 17.0. The van der Waals surface area contributed by atoms with Crippen LogP contribution in [0.15, 0.2) is 59.5 Å². The van der Waals surface area contributed by atoms with E-state index in [2.05, 4.69) is 12.1 Å². The SMILES string of the molecule is CCC(C)(CCCCc1ccccc1)S(=O)(=O)c1ccc(OC)cc1. The Hall–Kier alpha value is -1.81. The van der Waals surface area contributed by atoms with E-state index in [1.54, 1.807) is 31.4 Å². The molecule has 0 aliphatic carbocycles. The van der Waals surface area contributed by atoms with Gasteiger partial charge in [0.05, 0.1) is 16.8 Å². The fourth-order valence-corrected chi connectivity index (χ4v) is 4.87. The molecule has 0 fully saturated rings. The van der Waals surface area contributed by atoms with E-state index in [0.717, 1.165) is 19.3 Å². The van der Waals surface area contributed by atoms with Gasteiger partial charge in [0, 0.05) is 0 Å². The molecule has 4 heteroatoms. The normalized spacial score (nSPS) is 14.0. The first kappa shape index (κ1) is 19.5. The highest BCUT2D eigenvalue weighted by atomic mass is 32.2. The highest BCUT2D eigenvalue weighted by Crippen LogP contribution is 2.34. The first-order valence-corrected chi connectivity index (χ1v) is 10.3. The quantitative estimate of drug-likeness (QED) is 0.588. The van der Waals surface area contributed by atoms with Crippen molar-refractivity contribution in [3.05, 3.63) is 60.2 Å². The molecule has 0 N–H and O–H groups in total. The second-order valence-electron chi connectivity index (χ2n) is 6.68. The Kier molecular flexibility index (Phi) is 6.65. The van der Waals surface area contributed by atoms with Crippen LogP contribution in [0.25, 0.3) is 0 Å². The van der Waals surface area contributed by atoms with Gasteiger partial charge >= 0.3 is 0 Å². The van der Waals surface area contributed by atoms with Crippen LogP contribution in [-0.4, -0.2) is 20.3 Å². The van der Waals surface area contributed by atoms with E-state index in [1.165, 1.54) is 5.56 Å². The van der Waals surface area contributed by atoms with Gasteiger partial charge in [-0.1, -0.05) is 43.7 Å². The summed E-state index contributed by atoms with van der Waals surface area (Å²) in [6.07, 6.45) is 4.16. The van der Waals surface area contributed by atoms with Crippen LogP contribution in [0.3, 0.4) is 0 Å². The van der Waals surface area contributed by atoms with Gasteiger partial charge in [0.1, 0.15) is 5.75 Å². The van der Waals surface area contributed by atoms with E-state index in [1.807, 2.05) is 32.0 Å². The molecule has 25 heavy (non-hydrogen) atoms. The number of rotatable bonds is 9. The number of unbranched alkanes of at least 4 members (excludes halogenated alkanes) is 1. The van der Waals surface area contributed by atoms with Crippen LogP contribution < -0.4 is 4.74 Å². The predicted octanol–water partition coefficient (Wildman–Crippen LogP) is 5.05. The first-order chi connectivity index (χ1) is 11.9. The summed E-state index contributed by atoms with van der Waals surface area (Å²) in [5, 5.41) is 0. The molecule has 1 unspecified atom stereocenters. The molecule has 2 aromatic rings. The summed E-state index contributed by atoms with van der Waals surface area (Å²) in [4.78, 5) is 0.376. The Balaban J connectivity index is 2.03. The maximum Gasteiger partial charge on any atom is 0.183 e. The zero-order valence-electron chi connectivity index (χ0n) is 15.4.